The molecular formula is C28H28Cl2N4O4S. The van der Waals surface area contributed by atoms with Crippen LogP contribution in [-0.4, -0.2) is 68.3 Å². The molecule has 204 valence electrons. The highest BCUT2D eigenvalue weighted by molar-refractivity contribution is 7.89. The van der Waals surface area contributed by atoms with Crippen molar-refractivity contribution in [3.05, 3.63) is 87.9 Å². The fourth-order valence-corrected chi connectivity index (χ4v) is 7.18. The Bertz CT molecular complexity index is 1540. The summed E-state index contributed by atoms with van der Waals surface area (Å²) in [5, 5.41) is 0.229. The van der Waals surface area contributed by atoms with E-state index in [4.69, 9.17) is 23.2 Å². The quantitative estimate of drug-likeness (QED) is 0.422. The van der Waals surface area contributed by atoms with Crippen molar-refractivity contribution < 1.29 is 18.0 Å². The van der Waals surface area contributed by atoms with Gasteiger partial charge < -0.3 is 9.80 Å². The number of carbonyl (C=O) groups excluding carboxylic acids is 2. The van der Waals surface area contributed by atoms with E-state index in [-0.39, 0.29) is 33.1 Å². The monoisotopic (exact) mass is 586 g/mol. The first-order valence-corrected chi connectivity index (χ1v) is 14.7. The molecule has 2 aliphatic rings. The molecule has 3 amide bonds. The molecule has 11 heteroatoms. The lowest BCUT2D eigenvalue weighted by molar-refractivity contribution is -0.132. The second-order valence-electron chi connectivity index (χ2n) is 9.69. The van der Waals surface area contributed by atoms with Crippen LogP contribution < -0.4 is 9.80 Å². The van der Waals surface area contributed by atoms with Gasteiger partial charge in [-0.15, -0.1) is 0 Å². The van der Waals surface area contributed by atoms with Crippen molar-refractivity contribution in [2.45, 2.75) is 24.8 Å². The van der Waals surface area contributed by atoms with E-state index in [2.05, 4.69) is 30.0 Å². The molecule has 0 aliphatic carbocycles. The van der Waals surface area contributed by atoms with Gasteiger partial charge in [-0.1, -0.05) is 59.6 Å². The molecule has 0 aromatic heterocycles. The largest absolute Gasteiger partial charge is 0.368 e. The Labute approximate surface area is 238 Å². The third-order valence-corrected chi connectivity index (χ3v) is 9.73. The van der Waals surface area contributed by atoms with Gasteiger partial charge in [0.2, 0.25) is 5.91 Å². The van der Waals surface area contributed by atoms with Crippen LogP contribution in [0.25, 0.3) is 0 Å². The molecule has 2 aliphatic heterocycles. The van der Waals surface area contributed by atoms with Crippen molar-refractivity contribution in [2.75, 3.05) is 42.5 Å². The summed E-state index contributed by atoms with van der Waals surface area (Å²) in [5.74, 6) is -0.333. The Balaban J connectivity index is 1.44. The van der Waals surface area contributed by atoms with Gasteiger partial charge in [0.1, 0.15) is 10.9 Å². The van der Waals surface area contributed by atoms with E-state index >= 15 is 0 Å². The first kappa shape index (κ1) is 27.3. The van der Waals surface area contributed by atoms with Crippen LogP contribution in [0.4, 0.5) is 16.2 Å². The second kappa shape index (κ2) is 10.7. The van der Waals surface area contributed by atoms with Crippen molar-refractivity contribution in [1.29, 1.82) is 0 Å². The lowest BCUT2D eigenvalue weighted by Crippen LogP contribution is -2.55. The molecule has 0 N–H and O–H groups in total. The standard InChI is InChI=1S/C28H28Cl2N4O4S/c1-19-11-12-20(2)24(17-19)31-13-15-32(16-14-31)27(35)25-18-33(39(37,38)26-10-6-4-8-22(26)30)28(36)34(25)23-9-5-3-7-21(23)29/h3-12,17,25H,13-16,18H2,1-2H3/t25-/m0/s1. The number of hydrogen-bond acceptors (Lipinski definition) is 5. The van der Waals surface area contributed by atoms with Gasteiger partial charge >= 0.3 is 6.03 Å². The molecule has 0 unspecified atom stereocenters. The fraction of sp³-hybridized carbons (Fsp3) is 0.286. The highest BCUT2D eigenvalue weighted by atomic mass is 35.5. The number of halogens is 2. The van der Waals surface area contributed by atoms with Crippen molar-refractivity contribution >= 4 is 56.5 Å². The molecule has 3 aromatic carbocycles. The lowest BCUT2D eigenvalue weighted by Gasteiger charge is -2.38. The zero-order valence-corrected chi connectivity index (χ0v) is 23.9. The number of hydrogen-bond donors (Lipinski definition) is 0. The zero-order valence-electron chi connectivity index (χ0n) is 21.5. The maximum Gasteiger partial charge on any atom is 0.339 e. The lowest BCUT2D eigenvalue weighted by atomic mass is 10.1. The minimum absolute atomic E-state index is 0.00747. The number of para-hydroxylation sites is 1. The zero-order chi connectivity index (χ0) is 27.9. The van der Waals surface area contributed by atoms with E-state index in [1.165, 1.54) is 23.1 Å². The maximum atomic E-state index is 13.9. The van der Waals surface area contributed by atoms with Gasteiger partial charge in [0.25, 0.3) is 10.0 Å². The number of rotatable bonds is 5. The molecular weight excluding hydrogens is 559 g/mol. The van der Waals surface area contributed by atoms with Crippen LogP contribution in [0.1, 0.15) is 11.1 Å². The molecule has 0 radical (unpaired) electrons. The Kier molecular flexibility index (Phi) is 7.50. The number of sulfonamides is 1. The van der Waals surface area contributed by atoms with Gasteiger partial charge in [-0.2, -0.15) is 0 Å². The Morgan fingerprint density at radius 2 is 1.49 bits per heavy atom. The molecule has 3 aromatic rings. The van der Waals surface area contributed by atoms with Gasteiger partial charge in [0, 0.05) is 31.9 Å². The number of urea groups is 1. The van der Waals surface area contributed by atoms with E-state index in [1.54, 1.807) is 35.2 Å². The number of anilines is 2. The van der Waals surface area contributed by atoms with Crippen molar-refractivity contribution in [3.63, 3.8) is 0 Å². The first-order chi connectivity index (χ1) is 18.6. The van der Waals surface area contributed by atoms with Crippen molar-refractivity contribution in [3.8, 4) is 0 Å². The van der Waals surface area contributed by atoms with Gasteiger partial charge in [-0.05, 0) is 55.3 Å². The summed E-state index contributed by atoms with van der Waals surface area (Å²) in [4.78, 5) is 32.5. The van der Waals surface area contributed by atoms with Gasteiger partial charge in [-0.3, -0.25) is 9.69 Å². The van der Waals surface area contributed by atoms with Crippen LogP contribution >= 0.6 is 23.2 Å². The average molecular weight is 588 g/mol. The van der Waals surface area contributed by atoms with Crippen LogP contribution in [0.15, 0.2) is 71.6 Å². The molecule has 0 bridgehead atoms. The van der Waals surface area contributed by atoms with Crippen molar-refractivity contribution in [2.24, 2.45) is 0 Å². The SMILES string of the molecule is Cc1ccc(C)c(N2CCN(C(=O)[C@@H]3CN(S(=O)(=O)c4ccccc4Cl)C(=O)N3c3ccccc3Cl)CC2)c1. The topological polar surface area (TPSA) is 81.2 Å². The first-order valence-electron chi connectivity index (χ1n) is 12.6. The Morgan fingerprint density at radius 3 is 2.15 bits per heavy atom. The summed E-state index contributed by atoms with van der Waals surface area (Å²) >= 11 is 12.6. The van der Waals surface area contributed by atoms with E-state index in [0.717, 1.165) is 16.8 Å². The summed E-state index contributed by atoms with van der Waals surface area (Å²) in [7, 11) is -4.34. The normalized spacial score (nSPS) is 18.2. The second-order valence-corrected chi connectivity index (χ2v) is 12.3. The summed E-state index contributed by atoms with van der Waals surface area (Å²) in [5.41, 5.74) is 3.72. The summed E-state index contributed by atoms with van der Waals surface area (Å²) < 4.78 is 27.8. The van der Waals surface area contributed by atoms with Crippen LogP contribution in [0.5, 0.6) is 0 Å². The smallest absolute Gasteiger partial charge is 0.339 e. The van der Waals surface area contributed by atoms with Gasteiger partial charge in [0.05, 0.1) is 22.3 Å². The molecule has 5 rings (SSSR count). The predicted octanol–water partition coefficient (Wildman–Crippen LogP) is 4.96. The van der Waals surface area contributed by atoms with Crippen LogP contribution in [0.2, 0.25) is 10.0 Å². The van der Waals surface area contributed by atoms with Crippen LogP contribution in [-0.2, 0) is 14.8 Å². The van der Waals surface area contributed by atoms with Gasteiger partial charge in [-0.25, -0.2) is 17.5 Å². The van der Waals surface area contributed by atoms with Crippen LogP contribution in [0.3, 0.4) is 0 Å². The summed E-state index contributed by atoms with van der Waals surface area (Å²) in [6, 6.07) is 16.9. The van der Waals surface area contributed by atoms with Crippen LogP contribution in [0, 0.1) is 13.8 Å². The highest BCUT2D eigenvalue weighted by Gasteiger charge is 2.49. The summed E-state index contributed by atoms with van der Waals surface area (Å²) in [6.45, 7) is 5.86. The highest BCUT2D eigenvalue weighted by Crippen LogP contribution is 2.36. The third kappa shape index (κ3) is 5.06. The van der Waals surface area contributed by atoms with E-state index < -0.39 is 22.1 Å². The minimum Gasteiger partial charge on any atom is -0.368 e. The molecule has 2 heterocycles. The summed E-state index contributed by atoms with van der Waals surface area (Å²) in [6.07, 6.45) is 0. The Morgan fingerprint density at radius 1 is 0.846 bits per heavy atom. The number of amides is 3. The van der Waals surface area contributed by atoms with E-state index in [0.29, 0.717) is 30.5 Å². The Hall–Kier alpha value is -3.27. The molecule has 8 nitrogen and oxygen atoms in total. The van der Waals surface area contributed by atoms with E-state index in [9.17, 15) is 18.0 Å². The number of piperazine rings is 1. The van der Waals surface area contributed by atoms with Gasteiger partial charge in [0.15, 0.2) is 0 Å². The molecule has 0 saturated carbocycles. The molecule has 0 spiro atoms. The van der Waals surface area contributed by atoms with Crippen molar-refractivity contribution in [1.82, 2.24) is 9.21 Å². The molecule has 2 saturated heterocycles. The van der Waals surface area contributed by atoms with E-state index in [1.807, 2.05) is 6.92 Å². The predicted molar refractivity (Wildman–Crippen MR) is 153 cm³/mol. The molecule has 2 fully saturated rings. The average Bonchev–Trinajstić information content (AvgIpc) is 3.27. The minimum atomic E-state index is -4.34. The molecule has 1 atom stereocenters. The fourth-order valence-electron chi connectivity index (χ4n) is 5.09. The third-order valence-electron chi connectivity index (χ3n) is 7.17. The maximum absolute atomic E-state index is 13.9. The number of aryl methyl sites for hydroxylation is 2. The number of nitrogens with zero attached hydrogens (tertiary/aromatic N) is 4. The number of carbonyl (C=O) groups is 2. The number of benzene rings is 3. The molecule has 39 heavy (non-hydrogen) atoms.